The van der Waals surface area contributed by atoms with Crippen molar-refractivity contribution in [1.29, 1.82) is 0 Å². The third kappa shape index (κ3) is 4.29. The Bertz CT molecular complexity index is 611. The van der Waals surface area contributed by atoms with E-state index in [4.69, 9.17) is 5.84 Å². The molecule has 0 bridgehead atoms. The molecule has 0 amide bonds. The van der Waals surface area contributed by atoms with Gasteiger partial charge in [-0.3, -0.25) is 11.3 Å². The van der Waals surface area contributed by atoms with E-state index in [9.17, 15) is 13.2 Å². The predicted molar refractivity (Wildman–Crippen MR) is 84.9 cm³/mol. The Morgan fingerprint density at radius 3 is 2.24 bits per heavy atom. The number of nitrogens with two attached hydrogens (primary N) is 1. The molecule has 1 heterocycles. The summed E-state index contributed by atoms with van der Waals surface area (Å²) in [5, 5.41) is 0. The van der Waals surface area contributed by atoms with Crippen LogP contribution in [0.5, 0.6) is 0 Å². The van der Waals surface area contributed by atoms with Crippen LogP contribution in [0.3, 0.4) is 0 Å². The van der Waals surface area contributed by atoms with E-state index in [2.05, 4.69) is 37.3 Å². The van der Waals surface area contributed by atoms with Crippen LogP contribution in [0, 0.1) is 0 Å². The summed E-state index contributed by atoms with van der Waals surface area (Å²) >= 11 is 8.36. The fourth-order valence-corrected chi connectivity index (χ4v) is 4.89. The molecule has 114 valence electrons. The number of hydrogen-bond donors (Lipinski definition) is 2. The topological polar surface area (TPSA) is 38.0 Å². The Kier molecular flexibility index (Phi) is 5.48. The molecule has 2 aromatic rings. The molecule has 1 aromatic carbocycles. The summed E-state index contributed by atoms with van der Waals surface area (Å²) in [6.07, 6.45) is -3.82. The van der Waals surface area contributed by atoms with Crippen molar-refractivity contribution in [2.75, 3.05) is 0 Å². The molecule has 21 heavy (non-hydrogen) atoms. The first-order valence-corrected chi connectivity index (χ1v) is 8.28. The molecule has 2 nitrogen and oxygen atoms in total. The van der Waals surface area contributed by atoms with Gasteiger partial charge in [-0.2, -0.15) is 13.2 Å². The lowest BCUT2D eigenvalue weighted by Gasteiger charge is -2.16. The minimum absolute atomic E-state index is 0.182. The largest absolute Gasteiger partial charge is 0.416 e. The highest BCUT2D eigenvalue weighted by Gasteiger charge is 2.30. The minimum Gasteiger partial charge on any atom is -0.271 e. The summed E-state index contributed by atoms with van der Waals surface area (Å²) < 4.78 is 39.5. The van der Waals surface area contributed by atoms with Gasteiger partial charge in [0.05, 0.1) is 19.2 Å². The third-order valence-electron chi connectivity index (χ3n) is 2.98. The average molecular weight is 444 g/mol. The van der Waals surface area contributed by atoms with Gasteiger partial charge >= 0.3 is 6.18 Å². The van der Waals surface area contributed by atoms with Gasteiger partial charge in [0, 0.05) is 0 Å². The van der Waals surface area contributed by atoms with Crippen molar-refractivity contribution >= 4 is 43.2 Å². The van der Waals surface area contributed by atoms with E-state index in [0.29, 0.717) is 6.42 Å². The molecule has 0 saturated heterocycles. The van der Waals surface area contributed by atoms with E-state index in [-0.39, 0.29) is 6.04 Å². The molecule has 0 saturated carbocycles. The van der Waals surface area contributed by atoms with Crippen molar-refractivity contribution in [3.05, 3.63) is 54.6 Å². The molecular weight excluding hydrogens is 433 g/mol. The fraction of sp³-hybridized carbons (Fsp3) is 0.231. The van der Waals surface area contributed by atoms with Gasteiger partial charge in [-0.25, -0.2) is 0 Å². The van der Waals surface area contributed by atoms with E-state index in [1.807, 2.05) is 6.07 Å². The molecule has 0 aliphatic rings. The Hall–Kier alpha value is -0.410. The first-order chi connectivity index (χ1) is 9.81. The maximum absolute atomic E-state index is 12.5. The average Bonchev–Trinajstić information content (AvgIpc) is 2.74. The molecule has 0 radical (unpaired) electrons. The van der Waals surface area contributed by atoms with Crippen LogP contribution in [0.25, 0.3) is 0 Å². The number of nitrogens with one attached hydrogen (secondary N) is 1. The normalized spacial score (nSPS) is 13.4. The Morgan fingerprint density at radius 1 is 1.19 bits per heavy atom. The summed E-state index contributed by atoms with van der Waals surface area (Å²) in [5.41, 5.74) is 3.79. The van der Waals surface area contributed by atoms with Crippen molar-refractivity contribution in [1.82, 2.24) is 5.43 Å². The zero-order valence-corrected chi connectivity index (χ0v) is 14.5. The number of rotatable bonds is 4. The van der Waals surface area contributed by atoms with Gasteiger partial charge in [0.15, 0.2) is 0 Å². The van der Waals surface area contributed by atoms with Crippen LogP contribution in [-0.4, -0.2) is 0 Å². The first-order valence-electron chi connectivity index (χ1n) is 5.88. The summed E-state index contributed by atoms with van der Waals surface area (Å²) in [6.45, 7) is 0. The Labute approximate surface area is 140 Å². The second-order valence-electron chi connectivity index (χ2n) is 4.40. The van der Waals surface area contributed by atoms with Crippen LogP contribution in [0.1, 0.15) is 22.7 Å². The molecule has 2 rings (SSSR count). The molecule has 0 spiro atoms. The third-order valence-corrected chi connectivity index (χ3v) is 5.37. The van der Waals surface area contributed by atoms with Crippen molar-refractivity contribution in [3.63, 3.8) is 0 Å². The zero-order chi connectivity index (χ0) is 15.6. The van der Waals surface area contributed by atoms with Crippen molar-refractivity contribution in [2.24, 2.45) is 5.84 Å². The molecule has 0 fully saturated rings. The quantitative estimate of drug-likeness (QED) is 0.513. The van der Waals surface area contributed by atoms with E-state index in [1.54, 1.807) is 0 Å². The van der Waals surface area contributed by atoms with Crippen molar-refractivity contribution < 1.29 is 13.2 Å². The highest BCUT2D eigenvalue weighted by atomic mass is 79.9. The minimum atomic E-state index is -4.31. The van der Waals surface area contributed by atoms with Crippen LogP contribution in [-0.2, 0) is 12.6 Å². The lowest BCUT2D eigenvalue weighted by Crippen LogP contribution is -2.29. The van der Waals surface area contributed by atoms with Crippen molar-refractivity contribution in [3.8, 4) is 0 Å². The molecule has 1 atom stereocenters. The number of thiophene rings is 1. The second-order valence-corrected chi connectivity index (χ2v) is 8.15. The molecule has 3 N–H and O–H groups in total. The van der Waals surface area contributed by atoms with Crippen molar-refractivity contribution in [2.45, 2.75) is 18.6 Å². The maximum Gasteiger partial charge on any atom is 0.416 e. The van der Waals surface area contributed by atoms with Gasteiger partial charge in [-0.1, -0.05) is 12.1 Å². The lowest BCUT2D eigenvalue weighted by atomic mass is 10.0. The number of benzene rings is 1. The number of halogens is 5. The van der Waals surface area contributed by atoms with Gasteiger partial charge in [0.25, 0.3) is 0 Å². The van der Waals surface area contributed by atoms with Gasteiger partial charge in [-0.05, 0) is 67.6 Å². The smallest absolute Gasteiger partial charge is 0.271 e. The lowest BCUT2D eigenvalue weighted by molar-refractivity contribution is -0.137. The molecule has 0 aliphatic carbocycles. The van der Waals surface area contributed by atoms with Crippen LogP contribution in [0.2, 0.25) is 0 Å². The molecule has 8 heteroatoms. The molecule has 0 aliphatic heterocycles. The number of alkyl halides is 3. The predicted octanol–water partition coefficient (Wildman–Crippen LogP) is 5.04. The standard InChI is InChI=1S/C13H11Br2F3N2S/c14-11-6-9(12(15)21-11)10(20-19)5-7-1-3-8(4-2-7)13(16,17)18/h1-4,6,10,20H,5,19H2. The first kappa shape index (κ1) is 17.0. The van der Waals surface area contributed by atoms with Crippen LogP contribution in [0.15, 0.2) is 37.9 Å². The molecule has 1 unspecified atom stereocenters. The summed E-state index contributed by atoms with van der Waals surface area (Å²) in [5.74, 6) is 5.57. The number of hydrazine groups is 1. The second kappa shape index (κ2) is 6.78. The maximum atomic E-state index is 12.5. The van der Waals surface area contributed by atoms with E-state index in [1.165, 1.54) is 23.5 Å². The van der Waals surface area contributed by atoms with Gasteiger partial charge in [-0.15, -0.1) is 11.3 Å². The summed E-state index contributed by atoms with van der Waals surface area (Å²) in [6, 6.07) is 6.87. The highest BCUT2D eigenvalue weighted by molar-refractivity contribution is 9.12. The Balaban J connectivity index is 2.17. The SMILES string of the molecule is NNC(Cc1ccc(C(F)(F)F)cc1)c1cc(Br)sc1Br. The van der Waals surface area contributed by atoms with Crippen LogP contribution >= 0.6 is 43.2 Å². The van der Waals surface area contributed by atoms with Crippen LogP contribution < -0.4 is 11.3 Å². The van der Waals surface area contributed by atoms with E-state index < -0.39 is 11.7 Å². The van der Waals surface area contributed by atoms with Gasteiger partial charge < -0.3 is 0 Å². The highest BCUT2D eigenvalue weighted by Crippen LogP contribution is 2.36. The van der Waals surface area contributed by atoms with Gasteiger partial charge in [0.2, 0.25) is 0 Å². The van der Waals surface area contributed by atoms with E-state index >= 15 is 0 Å². The van der Waals surface area contributed by atoms with Gasteiger partial charge in [0.1, 0.15) is 0 Å². The zero-order valence-electron chi connectivity index (χ0n) is 10.5. The summed E-state index contributed by atoms with van der Waals surface area (Å²) in [4.78, 5) is 0. The van der Waals surface area contributed by atoms with Crippen LogP contribution in [0.4, 0.5) is 13.2 Å². The van der Waals surface area contributed by atoms with E-state index in [0.717, 1.165) is 30.8 Å². The fourth-order valence-electron chi connectivity index (χ4n) is 1.91. The molecular formula is C13H11Br2F3N2S. The molecule has 1 aromatic heterocycles. The number of hydrogen-bond acceptors (Lipinski definition) is 3. The Morgan fingerprint density at radius 2 is 1.81 bits per heavy atom. The monoisotopic (exact) mass is 442 g/mol. The summed E-state index contributed by atoms with van der Waals surface area (Å²) in [7, 11) is 0.